The molecule has 4 heteroatoms. The lowest BCUT2D eigenvalue weighted by atomic mass is 9.98. The fourth-order valence-electron chi connectivity index (χ4n) is 3.10. The number of anilines is 1. The van der Waals surface area contributed by atoms with E-state index in [4.69, 9.17) is 0 Å². The summed E-state index contributed by atoms with van der Waals surface area (Å²) < 4.78 is 0. The Bertz CT molecular complexity index is 410. The van der Waals surface area contributed by atoms with Gasteiger partial charge in [-0.05, 0) is 25.0 Å². The van der Waals surface area contributed by atoms with Crippen molar-refractivity contribution in [2.24, 2.45) is 0 Å². The summed E-state index contributed by atoms with van der Waals surface area (Å²) in [7, 11) is 0. The Morgan fingerprint density at radius 2 is 1.36 bits per heavy atom. The predicted octanol–water partition coefficient (Wildman–Crippen LogP) is 4.88. The van der Waals surface area contributed by atoms with Gasteiger partial charge in [0.15, 0.2) is 0 Å². The first kappa shape index (κ1) is 16.8. The van der Waals surface area contributed by atoms with Gasteiger partial charge < -0.3 is 10.6 Å². The molecule has 2 rings (SSSR count). The van der Waals surface area contributed by atoms with Crippen LogP contribution in [0.2, 0.25) is 0 Å². The molecule has 0 aliphatic heterocycles. The molecule has 0 bridgehead atoms. The lowest BCUT2D eigenvalue weighted by Crippen LogP contribution is -2.38. The summed E-state index contributed by atoms with van der Waals surface area (Å²) in [6.07, 6.45) is 17.4. The first-order chi connectivity index (χ1) is 10.8. The third kappa shape index (κ3) is 6.92. The maximum Gasteiger partial charge on any atom is 0.319 e. The monoisotopic (exact) mass is 303 g/mol. The maximum absolute atomic E-state index is 12.1. The highest BCUT2D eigenvalue weighted by molar-refractivity contribution is 5.89. The number of amides is 2. The van der Waals surface area contributed by atoms with E-state index in [1.54, 1.807) is 24.5 Å². The molecule has 1 saturated carbocycles. The summed E-state index contributed by atoms with van der Waals surface area (Å²) in [6.45, 7) is 0. The Kier molecular flexibility index (Phi) is 7.78. The molecule has 2 N–H and O–H groups in total. The summed E-state index contributed by atoms with van der Waals surface area (Å²) in [5.41, 5.74) is 0.792. The number of carbonyl (C=O) groups excluding carboxylic acids is 1. The molecule has 0 spiro atoms. The molecule has 0 unspecified atom stereocenters. The molecule has 0 atom stereocenters. The van der Waals surface area contributed by atoms with Crippen LogP contribution in [0.4, 0.5) is 10.5 Å². The molecular formula is C18H29N3O. The molecule has 4 nitrogen and oxygen atoms in total. The second kappa shape index (κ2) is 10.2. The van der Waals surface area contributed by atoms with E-state index in [1.165, 1.54) is 57.8 Å². The largest absolute Gasteiger partial charge is 0.335 e. The van der Waals surface area contributed by atoms with Gasteiger partial charge in [-0.2, -0.15) is 0 Å². The molecule has 22 heavy (non-hydrogen) atoms. The minimum atomic E-state index is -0.0942. The van der Waals surface area contributed by atoms with E-state index in [1.807, 2.05) is 0 Å². The van der Waals surface area contributed by atoms with Crippen molar-refractivity contribution in [1.82, 2.24) is 10.3 Å². The third-order valence-electron chi connectivity index (χ3n) is 4.38. The molecule has 1 aromatic rings. The molecule has 1 aliphatic rings. The van der Waals surface area contributed by atoms with Gasteiger partial charge in [0.1, 0.15) is 0 Å². The average Bonchev–Trinajstić information content (AvgIpc) is 2.51. The van der Waals surface area contributed by atoms with Gasteiger partial charge in [0, 0.05) is 24.1 Å². The zero-order chi connectivity index (χ0) is 15.5. The summed E-state index contributed by atoms with van der Waals surface area (Å²) in [4.78, 5) is 16.1. The molecule has 0 radical (unpaired) electrons. The zero-order valence-electron chi connectivity index (χ0n) is 13.5. The van der Waals surface area contributed by atoms with E-state index in [0.717, 1.165) is 18.5 Å². The van der Waals surface area contributed by atoms with Crippen LogP contribution in [0, 0.1) is 0 Å². The maximum atomic E-state index is 12.1. The Hall–Kier alpha value is -1.58. The molecule has 1 aromatic heterocycles. The molecule has 1 aliphatic carbocycles. The van der Waals surface area contributed by atoms with Crippen molar-refractivity contribution in [3.05, 3.63) is 24.5 Å². The number of rotatable bonds is 2. The van der Waals surface area contributed by atoms with Crippen molar-refractivity contribution in [2.75, 3.05) is 5.32 Å². The number of nitrogens with zero attached hydrogens (tertiary/aromatic N) is 1. The number of pyridine rings is 1. The van der Waals surface area contributed by atoms with Crippen molar-refractivity contribution in [2.45, 2.75) is 76.7 Å². The molecule has 1 fully saturated rings. The second-order valence-corrected chi connectivity index (χ2v) is 6.29. The summed E-state index contributed by atoms with van der Waals surface area (Å²) in [6, 6.07) is 3.82. The lowest BCUT2D eigenvalue weighted by molar-refractivity contribution is 0.246. The quantitative estimate of drug-likeness (QED) is 0.818. The van der Waals surface area contributed by atoms with Crippen molar-refractivity contribution >= 4 is 11.7 Å². The van der Waals surface area contributed by atoms with Crippen LogP contribution in [-0.4, -0.2) is 17.1 Å². The van der Waals surface area contributed by atoms with Crippen LogP contribution in [0.15, 0.2) is 24.5 Å². The molecule has 122 valence electrons. The molecular weight excluding hydrogens is 274 g/mol. The zero-order valence-corrected chi connectivity index (χ0v) is 13.5. The van der Waals surface area contributed by atoms with Gasteiger partial charge in [-0.15, -0.1) is 0 Å². The van der Waals surface area contributed by atoms with Crippen molar-refractivity contribution in [3.63, 3.8) is 0 Å². The highest BCUT2D eigenvalue weighted by Crippen LogP contribution is 2.17. The van der Waals surface area contributed by atoms with Gasteiger partial charge >= 0.3 is 6.03 Å². The molecule has 0 saturated heterocycles. The first-order valence-corrected chi connectivity index (χ1v) is 8.82. The molecule has 1 heterocycles. The van der Waals surface area contributed by atoms with Crippen LogP contribution in [0.3, 0.4) is 0 Å². The lowest BCUT2D eigenvalue weighted by Gasteiger charge is -2.20. The summed E-state index contributed by atoms with van der Waals surface area (Å²) in [5.74, 6) is 0. The van der Waals surface area contributed by atoms with Crippen molar-refractivity contribution < 1.29 is 4.79 Å². The fraction of sp³-hybridized carbons (Fsp3) is 0.667. The van der Waals surface area contributed by atoms with Gasteiger partial charge in [0.25, 0.3) is 0 Å². The molecule has 2 amide bonds. The normalized spacial score (nSPS) is 18.7. The third-order valence-corrected chi connectivity index (χ3v) is 4.38. The van der Waals surface area contributed by atoms with E-state index in [2.05, 4.69) is 15.6 Å². The van der Waals surface area contributed by atoms with Crippen LogP contribution < -0.4 is 10.6 Å². The fourth-order valence-corrected chi connectivity index (χ4v) is 3.10. The van der Waals surface area contributed by atoms with Crippen LogP contribution in [0.25, 0.3) is 0 Å². The topological polar surface area (TPSA) is 54.0 Å². The van der Waals surface area contributed by atoms with Crippen molar-refractivity contribution in [1.29, 1.82) is 0 Å². The Labute approximate surface area is 134 Å². The molecule has 0 aromatic carbocycles. The number of carbonyl (C=O) groups is 1. The summed E-state index contributed by atoms with van der Waals surface area (Å²) >= 11 is 0. The van der Waals surface area contributed by atoms with E-state index in [9.17, 15) is 4.79 Å². The smallest absolute Gasteiger partial charge is 0.319 e. The Balaban J connectivity index is 1.77. The van der Waals surface area contributed by atoms with E-state index >= 15 is 0 Å². The average molecular weight is 303 g/mol. The minimum Gasteiger partial charge on any atom is -0.335 e. The highest BCUT2D eigenvalue weighted by atomic mass is 16.2. The second-order valence-electron chi connectivity index (χ2n) is 6.29. The van der Waals surface area contributed by atoms with E-state index < -0.39 is 0 Å². The van der Waals surface area contributed by atoms with Gasteiger partial charge in [-0.1, -0.05) is 57.8 Å². The number of hydrogen-bond donors (Lipinski definition) is 2. The SMILES string of the molecule is O=C(Nc1ccncc1)NC1CCCCCCCCCCC1. The van der Waals surface area contributed by atoms with Crippen LogP contribution in [0.5, 0.6) is 0 Å². The first-order valence-electron chi connectivity index (χ1n) is 8.82. The standard InChI is InChI=1S/C18H29N3O/c22-18(21-17-12-14-19-15-13-17)20-16-10-8-6-4-2-1-3-5-7-9-11-16/h12-16H,1-11H2,(H2,19,20,21,22). The minimum absolute atomic E-state index is 0.0942. The summed E-state index contributed by atoms with van der Waals surface area (Å²) in [5, 5.41) is 6.03. The highest BCUT2D eigenvalue weighted by Gasteiger charge is 2.12. The van der Waals surface area contributed by atoms with Crippen LogP contribution >= 0.6 is 0 Å². The van der Waals surface area contributed by atoms with Gasteiger partial charge in [0.2, 0.25) is 0 Å². The number of urea groups is 1. The van der Waals surface area contributed by atoms with Crippen molar-refractivity contribution in [3.8, 4) is 0 Å². The number of nitrogens with one attached hydrogen (secondary N) is 2. The predicted molar refractivity (Wildman–Crippen MR) is 91.0 cm³/mol. The van der Waals surface area contributed by atoms with Crippen LogP contribution in [0.1, 0.15) is 70.6 Å². The Morgan fingerprint density at radius 3 is 1.91 bits per heavy atom. The number of hydrogen-bond acceptors (Lipinski definition) is 2. The number of aromatic nitrogens is 1. The Morgan fingerprint density at radius 1 is 0.864 bits per heavy atom. The van der Waals surface area contributed by atoms with Gasteiger partial charge in [0.05, 0.1) is 0 Å². The van der Waals surface area contributed by atoms with Crippen LogP contribution in [-0.2, 0) is 0 Å². The van der Waals surface area contributed by atoms with Gasteiger partial charge in [-0.3, -0.25) is 4.98 Å². The van der Waals surface area contributed by atoms with E-state index in [-0.39, 0.29) is 6.03 Å². The van der Waals surface area contributed by atoms with E-state index in [0.29, 0.717) is 6.04 Å². The van der Waals surface area contributed by atoms with Gasteiger partial charge in [-0.25, -0.2) is 4.79 Å².